The minimum absolute atomic E-state index is 0.176. The third kappa shape index (κ3) is 2.86. The van der Waals surface area contributed by atoms with Crippen molar-refractivity contribution in [3.63, 3.8) is 0 Å². The summed E-state index contributed by atoms with van der Waals surface area (Å²) < 4.78 is 126. The maximum absolute atomic E-state index is 8.51. The van der Waals surface area contributed by atoms with Crippen molar-refractivity contribution in [2.75, 3.05) is 17.9 Å². The standard InChI is InChI=1S/C16H26BN3O2/c1-12-7-6-8-20(11-12)14-10-18-9-13(19-14)17-21-15(2,3)16(4,5)22-17/h9-10,12H,6-8,11H2,1-5H3/i1D3,6D2,7D2,8D2,9D,10D,11D2,12D. The van der Waals surface area contributed by atoms with E-state index in [1.807, 2.05) is 0 Å². The first-order valence-electron chi connectivity index (χ1n) is 13.7. The smallest absolute Gasteiger partial charge is 0.398 e. The first kappa shape index (κ1) is 6.06. The third-order valence-electron chi connectivity index (χ3n) is 3.82. The van der Waals surface area contributed by atoms with Crippen molar-refractivity contribution in [3.05, 3.63) is 12.3 Å². The molecule has 6 heteroatoms. The van der Waals surface area contributed by atoms with Crippen LogP contribution in [0.2, 0.25) is 0 Å². The van der Waals surface area contributed by atoms with Gasteiger partial charge in [-0.1, -0.05) is 6.85 Å². The van der Waals surface area contributed by atoms with Crippen LogP contribution in [0.1, 0.15) is 66.5 Å². The van der Waals surface area contributed by atoms with Crippen molar-refractivity contribution in [1.82, 2.24) is 9.97 Å². The topological polar surface area (TPSA) is 47.5 Å². The van der Waals surface area contributed by atoms with Gasteiger partial charge in [0.25, 0.3) is 0 Å². The molecule has 1 aromatic heterocycles. The van der Waals surface area contributed by atoms with E-state index < -0.39 is 80.6 Å². The highest BCUT2D eigenvalue weighted by Crippen LogP contribution is 2.36. The second-order valence-corrected chi connectivity index (χ2v) is 5.93. The monoisotopic (exact) mass is 317 g/mol. The molecule has 0 N–H and O–H groups in total. The van der Waals surface area contributed by atoms with Crippen LogP contribution in [0, 0.1) is 5.89 Å². The fraction of sp³-hybridized carbons (Fsp3) is 0.750. The molecule has 5 nitrogen and oxygen atoms in total. The molecule has 120 valence electrons. The summed E-state index contributed by atoms with van der Waals surface area (Å²) in [6, 6.07) is 0. The molecule has 2 fully saturated rings. The zero-order chi connectivity index (χ0) is 28.3. The maximum atomic E-state index is 8.51. The van der Waals surface area contributed by atoms with E-state index in [1.54, 1.807) is 27.7 Å². The Morgan fingerprint density at radius 3 is 2.82 bits per heavy atom. The second kappa shape index (κ2) is 5.50. The van der Waals surface area contributed by atoms with Crippen LogP contribution >= 0.6 is 0 Å². The lowest BCUT2D eigenvalue weighted by molar-refractivity contribution is 0.00578. The van der Waals surface area contributed by atoms with Crippen LogP contribution in [-0.4, -0.2) is 41.3 Å². The van der Waals surface area contributed by atoms with Crippen LogP contribution in [0.5, 0.6) is 0 Å². The molecule has 0 saturated carbocycles. The van der Waals surface area contributed by atoms with Gasteiger partial charge >= 0.3 is 7.12 Å². The van der Waals surface area contributed by atoms with Gasteiger partial charge in [0.1, 0.15) is 5.82 Å². The number of anilines is 1. The Morgan fingerprint density at radius 1 is 1.41 bits per heavy atom. The quantitative estimate of drug-likeness (QED) is 0.781. The number of piperidine rings is 1. The van der Waals surface area contributed by atoms with Gasteiger partial charge in [-0.05, 0) is 46.3 Å². The molecule has 1 unspecified atom stereocenters. The number of hydrogen-bond acceptors (Lipinski definition) is 5. The average Bonchev–Trinajstić information content (AvgIpc) is 2.87. The van der Waals surface area contributed by atoms with E-state index in [0.717, 1.165) is 0 Å². The Kier molecular flexibility index (Phi) is 1.51. The highest BCUT2D eigenvalue weighted by Gasteiger charge is 2.52. The van der Waals surface area contributed by atoms with Crippen LogP contribution in [0.4, 0.5) is 5.82 Å². The largest absolute Gasteiger partial charge is 0.516 e. The first-order chi connectivity index (χ1) is 15.7. The molecule has 1 atom stereocenters. The van der Waals surface area contributed by atoms with Gasteiger partial charge in [0.05, 0.1) is 25.7 Å². The molecule has 2 aliphatic heterocycles. The molecule has 0 aliphatic carbocycles. The Balaban J connectivity index is 2.33. The minimum Gasteiger partial charge on any atom is -0.398 e. The lowest BCUT2D eigenvalue weighted by atomic mass is 9.85. The first-order valence-corrected chi connectivity index (χ1v) is 6.73. The van der Waals surface area contributed by atoms with E-state index in [1.165, 1.54) is 0 Å². The molecule has 2 aliphatic rings. The molecular formula is C16H26BN3O2. The minimum atomic E-state index is -3.90. The summed E-state index contributed by atoms with van der Waals surface area (Å²) in [7, 11) is -1.39. The van der Waals surface area contributed by atoms with Crippen molar-refractivity contribution in [1.29, 1.82) is 0 Å². The summed E-state index contributed by atoms with van der Waals surface area (Å²) in [5.74, 6) is -4.95. The fourth-order valence-electron chi connectivity index (χ4n) is 1.88. The number of hydrogen-bond donors (Lipinski definition) is 0. The third-order valence-corrected chi connectivity index (χ3v) is 3.82. The Labute approximate surface area is 153 Å². The highest BCUT2D eigenvalue weighted by atomic mass is 16.7. The second-order valence-electron chi connectivity index (χ2n) is 5.93. The van der Waals surface area contributed by atoms with Crippen LogP contribution in [0.15, 0.2) is 12.3 Å². The molecule has 3 heterocycles. The molecule has 0 aromatic carbocycles. The predicted octanol–water partition coefficient (Wildman–Crippen LogP) is 2.01. The van der Waals surface area contributed by atoms with Crippen molar-refractivity contribution in [2.24, 2.45) is 5.89 Å². The molecule has 0 spiro atoms. The number of rotatable bonds is 2. The van der Waals surface area contributed by atoms with Gasteiger partial charge in [-0.3, -0.25) is 4.98 Å². The van der Waals surface area contributed by atoms with Crippen molar-refractivity contribution in [2.45, 2.75) is 58.5 Å². The molecule has 22 heavy (non-hydrogen) atoms. The van der Waals surface area contributed by atoms with E-state index in [4.69, 9.17) is 28.5 Å². The van der Waals surface area contributed by atoms with Crippen LogP contribution < -0.4 is 10.5 Å². The van der Waals surface area contributed by atoms with E-state index in [2.05, 4.69) is 9.97 Å². The summed E-state index contributed by atoms with van der Waals surface area (Å²) in [5, 5.41) is 0. The zero-order valence-corrected chi connectivity index (χ0v) is 12.7. The molecule has 1 aromatic rings. The Hall–Kier alpha value is -1.14. The normalized spacial score (nSPS) is 49.6. The molecular weight excluding hydrogens is 277 g/mol. The molecule has 0 radical (unpaired) electrons. The average molecular weight is 317 g/mol. The summed E-state index contributed by atoms with van der Waals surface area (Å²) in [6.45, 7) is -4.54. The molecule has 0 bridgehead atoms. The summed E-state index contributed by atoms with van der Waals surface area (Å²) in [6.07, 6.45) is -9.38. The van der Waals surface area contributed by atoms with Gasteiger partial charge < -0.3 is 14.2 Å². The maximum Gasteiger partial charge on any atom is 0.516 e. The Bertz CT molecular complexity index is 1060. The molecule has 3 rings (SSSR count). The van der Waals surface area contributed by atoms with Crippen LogP contribution in [0.3, 0.4) is 0 Å². The Morgan fingerprint density at radius 2 is 2.14 bits per heavy atom. The summed E-state index contributed by atoms with van der Waals surface area (Å²) >= 11 is 0. The highest BCUT2D eigenvalue weighted by molar-refractivity contribution is 6.61. The van der Waals surface area contributed by atoms with Gasteiger partial charge in [0, 0.05) is 35.6 Å². The number of aromatic nitrogens is 2. The SMILES string of the molecule is [2H]c1nc([2H])c(N2C([2H])([2H])C([2H])([2H])C([2H])([2H])C([2H])(C([2H])([2H])[2H])C2([2H])[2H])nc1B1OC(C)(C)C(C)(C)O1. The van der Waals surface area contributed by atoms with Crippen LogP contribution in [0.25, 0.3) is 0 Å². The summed E-state index contributed by atoms with van der Waals surface area (Å²) in [5.41, 5.74) is -2.28. The van der Waals surface area contributed by atoms with Crippen molar-refractivity contribution in [3.8, 4) is 0 Å². The lowest BCUT2D eigenvalue weighted by Gasteiger charge is -2.32. The lowest BCUT2D eigenvalue weighted by Crippen LogP contribution is -2.41. The van der Waals surface area contributed by atoms with E-state index >= 15 is 0 Å². The molecule has 0 amide bonds. The van der Waals surface area contributed by atoms with E-state index in [-0.39, 0.29) is 4.90 Å². The van der Waals surface area contributed by atoms with Crippen molar-refractivity contribution >= 4 is 18.5 Å². The van der Waals surface area contributed by atoms with Gasteiger partial charge in [-0.2, -0.15) is 0 Å². The van der Waals surface area contributed by atoms with E-state index in [9.17, 15) is 0 Å². The van der Waals surface area contributed by atoms with E-state index in [0.29, 0.717) is 0 Å². The van der Waals surface area contributed by atoms with Crippen LogP contribution in [-0.2, 0) is 9.31 Å². The predicted molar refractivity (Wildman–Crippen MR) is 88.4 cm³/mol. The summed E-state index contributed by atoms with van der Waals surface area (Å²) in [4.78, 5) is 7.42. The fourth-order valence-corrected chi connectivity index (χ4v) is 1.88. The van der Waals surface area contributed by atoms with Crippen molar-refractivity contribution < 1.29 is 28.5 Å². The van der Waals surface area contributed by atoms with Gasteiger partial charge in [-0.15, -0.1) is 0 Å². The number of nitrogens with zero attached hydrogens (tertiary/aromatic N) is 3. The van der Waals surface area contributed by atoms with Gasteiger partial charge in [0.2, 0.25) is 0 Å². The van der Waals surface area contributed by atoms with Gasteiger partial charge in [0.15, 0.2) is 0 Å². The zero-order valence-electron chi connectivity index (χ0n) is 26.7. The van der Waals surface area contributed by atoms with Gasteiger partial charge in [-0.25, -0.2) is 4.98 Å². The molecule has 2 saturated heterocycles.